The summed E-state index contributed by atoms with van der Waals surface area (Å²) in [7, 11) is 0. The summed E-state index contributed by atoms with van der Waals surface area (Å²) in [5, 5.41) is 0.434. The van der Waals surface area contributed by atoms with Gasteiger partial charge in [-0.05, 0) is 36.5 Å². The number of hydrogen-bond donors (Lipinski definition) is 0. The van der Waals surface area contributed by atoms with E-state index in [1.54, 1.807) is 0 Å². The van der Waals surface area contributed by atoms with Crippen LogP contribution in [0.25, 0.3) is 0 Å². The number of hydrogen-bond acceptors (Lipinski definition) is 0. The Bertz CT molecular complexity index is 146. The zero-order valence-corrected chi connectivity index (χ0v) is 9.49. The third-order valence-electron chi connectivity index (χ3n) is 3.29. The van der Waals surface area contributed by atoms with Gasteiger partial charge in [0, 0.05) is 5.38 Å². The van der Waals surface area contributed by atoms with E-state index in [9.17, 15) is 0 Å². The summed E-state index contributed by atoms with van der Waals surface area (Å²) < 4.78 is 0. The van der Waals surface area contributed by atoms with Crippen molar-refractivity contribution in [1.82, 2.24) is 0 Å². The molecule has 12 heavy (non-hydrogen) atoms. The molecule has 0 saturated heterocycles. The number of rotatable bonds is 0. The minimum atomic E-state index is 0.434. The maximum absolute atomic E-state index is 6.18. The molecule has 1 fully saturated rings. The highest BCUT2D eigenvalue weighted by molar-refractivity contribution is 6.20. The second-order valence-corrected chi connectivity index (χ2v) is 5.93. The molecule has 0 heterocycles. The molecule has 0 aliphatic heterocycles. The molecule has 0 N–H and O–H groups in total. The molecule has 0 unspecified atom stereocenters. The first kappa shape index (κ1) is 10.4. The van der Waals surface area contributed by atoms with Crippen LogP contribution in [-0.2, 0) is 0 Å². The monoisotopic (exact) mass is 188 g/mol. The predicted molar refractivity (Wildman–Crippen MR) is 55.6 cm³/mol. The lowest BCUT2D eigenvalue weighted by Crippen LogP contribution is -2.30. The van der Waals surface area contributed by atoms with E-state index >= 15 is 0 Å². The lowest BCUT2D eigenvalue weighted by Gasteiger charge is -2.38. The summed E-state index contributed by atoms with van der Waals surface area (Å²) in [6.45, 7) is 9.33. The molecular formula is C11H21Cl. The zero-order valence-electron chi connectivity index (χ0n) is 8.73. The first-order valence-electron chi connectivity index (χ1n) is 5.05. The highest BCUT2D eigenvalue weighted by Gasteiger charge is 2.32. The van der Waals surface area contributed by atoms with Crippen LogP contribution in [0, 0.1) is 17.3 Å². The van der Waals surface area contributed by atoms with E-state index in [1.165, 1.54) is 19.3 Å². The fraction of sp³-hybridized carbons (Fsp3) is 1.00. The van der Waals surface area contributed by atoms with Gasteiger partial charge in [0.15, 0.2) is 0 Å². The summed E-state index contributed by atoms with van der Waals surface area (Å²) in [4.78, 5) is 0. The first-order chi connectivity index (χ1) is 5.41. The van der Waals surface area contributed by atoms with E-state index in [2.05, 4.69) is 27.7 Å². The van der Waals surface area contributed by atoms with E-state index in [0.717, 1.165) is 5.92 Å². The van der Waals surface area contributed by atoms with Crippen molar-refractivity contribution in [2.45, 2.75) is 52.3 Å². The highest BCUT2D eigenvalue weighted by Crippen LogP contribution is 2.41. The SMILES string of the molecule is C[C@H]1C[C@H](C(C)(C)C)CC[C@H]1Cl. The van der Waals surface area contributed by atoms with Gasteiger partial charge in [0.25, 0.3) is 0 Å². The normalized spacial score (nSPS) is 38.2. The molecule has 0 aromatic heterocycles. The lowest BCUT2D eigenvalue weighted by molar-refractivity contribution is 0.151. The Kier molecular flexibility index (Phi) is 3.09. The fourth-order valence-electron chi connectivity index (χ4n) is 2.15. The van der Waals surface area contributed by atoms with Crippen molar-refractivity contribution in [3.8, 4) is 0 Å². The summed E-state index contributed by atoms with van der Waals surface area (Å²) in [5.41, 5.74) is 0.477. The van der Waals surface area contributed by atoms with Crippen LogP contribution < -0.4 is 0 Å². The Morgan fingerprint density at radius 2 is 1.75 bits per heavy atom. The molecule has 72 valence electrons. The smallest absolute Gasteiger partial charge is 0.0361 e. The zero-order chi connectivity index (χ0) is 9.35. The van der Waals surface area contributed by atoms with Gasteiger partial charge in [-0.1, -0.05) is 27.7 Å². The standard InChI is InChI=1S/C11H21Cl/c1-8-7-9(11(2,3)4)5-6-10(8)12/h8-10H,5-7H2,1-4H3/t8-,9+,10+/m0/s1. The van der Waals surface area contributed by atoms with Gasteiger partial charge in [-0.3, -0.25) is 0 Å². The maximum Gasteiger partial charge on any atom is 0.0361 e. The molecule has 1 rings (SSSR count). The predicted octanol–water partition coefficient (Wildman–Crippen LogP) is 4.08. The van der Waals surface area contributed by atoms with Gasteiger partial charge in [0.1, 0.15) is 0 Å². The number of alkyl halides is 1. The molecule has 1 aliphatic carbocycles. The van der Waals surface area contributed by atoms with Crippen LogP contribution in [-0.4, -0.2) is 5.38 Å². The molecule has 0 spiro atoms. The second kappa shape index (κ2) is 3.57. The summed E-state index contributed by atoms with van der Waals surface area (Å²) in [5.74, 6) is 1.59. The Hall–Kier alpha value is 0.290. The minimum absolute atomic E-state index is 0.434. The maximum atomic E-state index is 6.18. The molecule has 0 radical (unpaired) electrons. The molecular weight excluding hydrogens is 168 g/mol. The third-order valence-corrected chi connectivity index (χ3v) is 3.94. The Morgan fingerprint density at radius 3 is 2.17 bits per heavy atom. The summed E-state index contributed by atoms with van der Waals surface area (Å²) >= 11 is 6.18. The Balaban J connectivity index is 2.51. The van der Waals surface area contributed by atoms with Gasteiger partial charge in [0.05, 0.1) is 0 Å². The molecule has 1 saturated carbocycles. The van der Waals surface area contributed by atoms with Crippen molar-refractivity contribution < 1.29 is 0 Å². The van der Waals surface area contributed by atoms with E-state index in [0.29, 0.717) is 16.7 Å². The first-order valence-corrected chi connectivity index (χ1v) is 5.49. The van der Waals surface area contributed by atoms with Crippen molar-refractivity contribution >= 4 is 11.6 Å². The molecule has 3 atom stereocenters. The van der Waals surface area contributed by atoms with Crippen LogP contribution in [0.3, 0.4) is 0 Å². The van der Waals surface area contributed by atoms with E-state index in [1.807, 2.05) is 0 Å². The topological polar surface area (TPSA) is 0 Å². The van der Waals surface area contributed by atoms with Crippen molar-refractivity contribution in [2.24, 2.45) is 17.3 Å². The van der Waals surface area contributed by atoms with E-state index in [4.69, 9.17) is 11.6 Å². The quantitative estimate of drug-likeness (QED) is 0.503. The molecule has 0 aromatic rings. The van der Waals surface area contributed by atoms with Crippen molar-refractivity contribution in [3.05, 3.63) is 0 Å². The van der Waals surface area contributed by atoms with E-state index in [-0.39, 0.29) is 0 Å². The van der Waals surface area contributed by atoms with Crippen LogP contribution in [0.5, 0.6) is 0 Å². The van der Waals surface area contributed by atoms with Crippen LogP contribution in [0.2, 0.25) is 0 Å². The van der Waals surface area contributed by atoms with Crippen LogP contribution >= 0.6 is 11.6 Å². The van der Waals surface area contributed by atoms with Crippen LogP contribution in [0.4, 0.5) is 0 Å². The van der Waals surface area contributed by atoms with Crippen LogP contribution in [0.1, 0.15) is 47.0 Å². The second-order valence-electron chi connectivity index (χ2n) is 5.37. The Morgan fingerprint density at radius 1 is 1.17 bits per heavy atom. The average molecular weight is 189 g/mol. The van der Waals surface area contributed by atoms with Gasteiger partial charge < -0.3 is 0 Å². The molecule has 0 aromatic carbocycles. The van der Waals surface area contributed by atoms with E-state index < -0.39 is 0 Å². The van der Waals surface area contributed by atoms with Crippen molar-refractivity contribution in [2.75, 3.05) is 0 Å². The van der Waals surface area contributed by atoms with Crippen LogP contribution in [0.15, 0.2) is 0 Å². The van der Waals surface area contributed by atoms with Gasteiger partial charge >= 0.3 is 0 Å². The number of halogens is 1. The molecule has 0 nitrogen and oxygen atoms in total. The largest absolute Gasteiger partial charge is 0.123 e. The fourth-order valence-corrected chi connectivity index (χ4v) is 2.37. The van der Waals surface area contributed by atoms with Crippen molar-refractivity contribution in [3.63, 3.8) is 0 Å². The summed E-state index contributed by atoms with van der Waals surface area (Å²) in [6, 6.07) is 0. The lowest BCUT2D eigenvalue weighted by atomic mass is 9.69. The molecule has 0 bridgehead atoms. The van der Waals surface area contributed by atoms with Gasteiger partial charge in [-0.25, -0.2) is 0 Å². The van der Waals surface area contributed by atoms with Gasteiger partial charge in [0.2, 0.25) is 0 Å². The van der Waals surface area contributed by atoms with Crippen molar-refractivity contribution in [1.29, 1.82) is 0 Å². The molecule has 1 aliphatic rings. The van der Waals surface area contributed by atoms with Gasteiger partial charge in [-0.2, -0.15) is 0 Å². The van der Waals surface area contributed by atoms with Gasteiger partial charge in [-0.15, -0.1) is 11.6 Å². The minimum Gasteiger partial charge on any atom is -0.123 e. The molecule has 1 heteroatoms. The summed E-state index contributed by atoms with van der Waals surface area (Å²) in [6.07, 6.45) is 3.85. The molecule has 0 amide bonds. The Labute approximate surface area is 81.7 Å². The highest BCUT2D eigenvalue weighted by atomic mass is 35.5. The average Bonchev–Trinajstić information content (AvgIpc) is 1.92. The third kappa shape index (κ3) is 2.39.